The molecule has 0 amide bonds. The number of hydrogen-bond donors (Lipinski definition) is 0. The van der Waals surface area contributed by atoms with Crippen LogP contribution in [0.25, 0.3) is 99.2 Å². The zero-order valence-corrected chi connectivity index (χ0v) is 55.7. The molecule has 2 aliphatic rings. The average Bonchev–Trinajstić information content (AvgIpc) is 1.43. The number of nitrogens with zero attached hydrogens (tertiary/aromatic N) is 4. The maximum Gasteiger partial charge on any atom is 0.318 e. The van der Waals surface area contributed by atoms with E-state index in [1.54, 1.807) is 0 Å². The minimum atomic E-state index is -1.73. The van der Waals surface area contributed by atoms with Gasteiger partial charge in [-0.05, 0) is 188 Å². The Balaban J connectivity index is 0.955. The summed E-state index contributed by atoms with van der Waals surface area (Å²) in [4.78, 5) is 0. The third-order valence-electron chi connectivity index (χ3n) is 19.2. The quantitative estimate of drug-likeness (QED) is 0.108. The highest BCUT2D eigenvalue weighted by atomic mass is 31.2. The minimum Gasteiger partial charge on any atom is -0.435 e. The first-order valence-corrected chi connectivity index (χ1v) is 35.2. The topological polar surface area (TPSA) is 38.2 Å². The van der Waals surface area contributed by atoms with E-state index in [-0.39, 0.29) is 0 Å². The SMILES string of the molecule is Cc1cc(C)cc(-c2cn(P(Oc3ccc4c(c3-c3c(OP(n5cc(-c6cc(C)cc(C)c6)c6ccccc65)n5cc(-c6cc(C)cc(C)c6)c6ccccc65)ccc5c3CCCC5)CCCC4)n3cc(-c4cc(C)cc(C)c4)c4ccccc43)c3ccccc23)c1. The van der Waals surface area contributed by atoms with Gasteiger partial charge in [0.1, 0.15) is 11.5 Å². The standard InChI is InChI=1S/C84H76N4O2P2/c1-53-37-54(2)42-63(41-53)73-49-85(77-29-17-13-25-69(73)77)91(86-50-74(70-26-14-18-30-78(70)86)64-43-55(3)38-56(4)44-64)89-81-35-33-61-21-9-11-23-67(61)83(81)84-68-24-12-10-22-62(68)34-36-82(84)90-92(87-51-75(71-27-15-19-31-79(71)87)65-45-57(5)39-58(6)46-65)88-52-76(72-28-16-20-32-80(72)88)66-47-59(7)40-60(8)48-66/h13-20,25-52H,9-12,21-24H2,1-8H3. The predicted octanol–water partition coefficient (Wildman–Crippen LogP) is 23.5. The molecule has 14 aromatic rings. The number of benzene rings is 10. The second-order valence-corrected chi connectivity index (χ2v) is 29.5. The van der Waals surface area contributed by atoms with Gasteiger partial charge in [-0.15, -0.1) is 0 Å². The van der Waals surface area contributed by atoms with Gasteiger partial charge in [-0.1, -0.05) is 202 Å². The van der Waals surface area contributed by atoms with Crippen LogP contribution in [-0.2, 0) is 25.7 Å². The number of aryl methyl sites for hydroxylation is 10. The minimum absolute atomic E-state index is 0.883. The van der Waals surface area contributed by atoms with Crippen LogP contribution in [0.5, 0.6) is 11.5 Å². The van der Waals surface area contributed by atoms with Crippen molar-refractivity contribution >= 4 is 60.5 Å². The van der Waals surface area contributed by atoms with Gasteiger partial charge in [0, 0.05) is 79.7 Å². The molecule has 0 radical (unpaired) electrons. The highest BCUT2D eigenvalue weighted by molar-refractivity contribution is 7.50. The molecule has 0 unspecified atom stereocenters. The summed E-state index contributed by atoms with van der Waals surface area (Å²) in [5, 5.41) is 4.79. The molecular weight excluding hydrogens is 1160 g/mol. The fraction of sp³-hybridized carbons (Fsp3) is 0.190. The van der Waals surface area contributed by atoms with Crippen molar-refractivity contribution in [1.29, 1.82) is 0 Å². The van der Waals surface area contributed by atoms with Crippen molar-refractivity contribution < 1.29 is 9.05 Å². The lowest BCUT2D eigenvalue weighted by atomic mass is 9.80. The molecule has 0 spiro atoms. The lowest BCUT2D eigenvalue weighted by molar-refractivity contribution is 0.582. The van der Waals surface area contributed by atoms with Crippen molar-refractivity contribution in [2.24, 2.45) is 0 Å². The molecule has 4 aromatic heterocycles. The number of fused-ring (bicyclic) bond motifs is 6. The van der Waals surface area contributed by atoms with Crippen LogP contribution in [0.2, 0.25) is 0 Å². The molecule has 2 aliphatic carbocycles. The smallest absolute Gasteiger partial charge is 0.318 e. The summed E-state index contributed by atoms with van der Waals surface area (Å²) in [6, 6.07) is 73.1. The first-order valence-electron chi connectivity index (χ1n) is 32.9. The van der Waals surface area contributed by atoms with E-state index >= 15 is 0 Å². The monoisotopic (exact) mass is 1230 g/mol. The van der Waals surface area contributed by atoms with E-state index in [9.17, 15) is 0 Å². The van der Waals surface area contributed by atoms with Crippen molar-refractivity contribution in [2.75, 3.05) is 0 Å². The largest absolute Gasteiger partial charge is 0.435 e. The third kappa shape index (κ3) is 10.4. The van der Waals surface area contributed by atoms with E-state index in [4.69, 9.17) is 9.05 Å². The number of rotatable bonds is 13. The number of para-hydroxylation sites is 4. The molecule has 4 heterocycles. The maximum atomic E-state index is 8.36. The zero-order valence-electron chi connectivity index (χ0n) is 53.9. The van der Waals surface area contributed by atoms with Gasteiger partial charge in [-0.25, -0.2) is 0 Å². The first-order chi connectivity index (χ1) is 44.8. The Morgan fingerprint density at radius 2 is 0.533 bits per heavy atom. The Hall–Kier alpha value is -9.18. The Morgan fingerprint density at radius 3 is 0.804 bits per heavy atom. The molecule has 0 bridgehead atoms. The molecule has 0 saturated heterocycles. The first kappa shape index (κ1) is 57.9. The van der Waals surface area contributed by atoms with E-state index in [1.165, 1.54) is 144 Å². The van der Waals surface area contributed by atoms with E-state index in [0.717, 1.165) is 84.9 Å². The molecule has 92 heavy (non-hydrogen) atoms. The Morgan fingerprint density at radius 1 is 0.283 bits per heavy atom. The van der Waals surface area contributed by atoms with Gasteiger partial charge in [-0.2, -0.15) is 0 Å². The third-order valence-corrected chi connectivity index (χ3v) is 22.8. The van der Waals surface area contributed by atoms with Gasteiger partial charge in [0.05, 0.1) is 22.1 Å². The van der Waals surface area contributed by atoms with E-state index in [0.29, 0.717) is 0 Å². The fourth-order valence-electron chi connectivity index (χ4n) is 15.5. The predicted molar refractivity (Wildman–Crippen MR) is 389 cm³/mol. The van der Waals surface area contributed by atoms with Crippen LogP contribution in [0.1, 0.15) is 92.4 Å². The molecule has 10 aromatic carbocycles. The summed E-state index contributed by atoms with van der Waals surface area (Å²) >= 11 is 0. The van der Waals surface area contributed by atoms with Gasteiger partial charge in [-0.3, -0.25) is 17.4 Å². The van der Waals surface area contributed by atoms with Crippen molar-refractivity contribution in [3.05, 3.63) is 286 Å². The van der Waals surface area contributed by atoms with Crippen molar-refractivity contribution in [3.8, 4) is 67.1 Å². The van der Waals surface area contributed by atoms with Gasteiger partial charge in [0.25, 0.3) is 0 Å². The summed E-state index contributed by atoms with van der Waals surface area (Å²) in [6.07, 6.45) is 18.0. The normalized spacial score (nSPS) is 13.3. The second-order valence-electron chi connectivity index (χ2n) is 26.4. The molecule has 0 saturated carbocycles. The van der Waals surface area contributed by atoms with E-state index < -0.39 is 16.9 Å². The molecule has 6 nitrogen and oxygen atoms in total. The summed E-state index contributed by atoms with van der Waals surface area (Å²) in [5.74, 6) is 1.77. The summed E-state index contributed by atoms with van der Waals surface area (Å²) in [5.41, 5.74) is 32.0. The molecule has 0 aliphatic heterocycles. The van der Waals surface area contributed by atoms with Gasteiger partial charge in [0.15, 0.2) is 0 Å². The lowest BCUT2D eigenvalue weighted by Crippen LogP contribution is -2.13. The Kier molecular flexibility index (Phi) is 14.8. The van der Waals surface area contributed by atoms with Crippen molar-refractivity contribution in [1.82, 2.24) is 17.4 Å². The fourth-order valence-corrected chi connectivity index (χ4v) is 19.2. The van der Waals surface area contributed by atoms with Gasteiger partial charge in [0.2, 0.25) is 0 Å². The highest BCUT2D eigenvalue weighted by Gasteiger charge is 2.34. The van der Waals surface area contributed by atoms with Gasteiger partial charge >= 0.3 is 16.9 Å². The van der Waals surface area contributed by atoms with Crippen LogP contribution in [0.15, 0.2) is 219 Å². The molecule has 0 N–H and O–H groups in total. The van der Waals surface area contributed by atoms with Crippen LogP contribution in [0.4, 0.5) is 0 Å². The van der Waals surface area contributed by atoms with Crippen LogP contribution in [0.3, 0.4) is 0 Å². The molecule has 0 fully saturated rings. The Bertz CT molecular complexity index is 4600. The molecule has 8 heteroatoms. The maximum absolute atomic E-state index is 8.36. The Labute approximate surface area is 543 Å². The van der Waals surface area contributed by atoms with Gasteiger partial charge < -0.3 is 9.05 Å². The van der Waals surface area contributed by atoms with Crippen LogP contribution < -0.4 is 9.05 Å². The van der Waals surface area contributed by atoms with Crippen LogP contribution >= 0.6 is 16.9 Å². The van der Waals surface area contributed by atoms with Crippen molar-refractivity contribution in [3.63, 3.8) is 0 Å². The molecule has 16 rings (SSSR count). The summed E-state index contributed by atoms with van der Waals surface area (Å²) in [7, 11) is -3.45. The number of aromatic nitrogens is 4. The van der Waals surface area contributed by atoms with Crippen LogP contribution in [-0.4, -0.2) is 17.4 Å². The van der Waals surface area contributed by atoms with Crippen molar-refractivity contribution in [2.45, 2.75) is 107 Å². The average molecular weight is 1240 g/mol. The summed E-state index contributed by atoms with van der Waals surface area (Å²) < 4.78 is 26.6. The molecular formula is C84H76N4O2P2. The van der Waals surface area contributed by atoms with E-state index in [1.807, 2.05) is 0 Å². The van der Waals surface area contributed by atoms with Crippen LogP contribution in [0, 0.1) is 55.4 Å². The number of hydrogen-bond acceptors (Lipinski definition) is 2. The highest BCUT2D eigenvalue weighted by Crippen LogP contribution is 2.58. The molecule has 0 atom stereocenters. The lowest BCUT2D eigenvalue weighted by Gasteiger charge is -2.31. The molecule has 454 valence electrons. The zero-order chi connectivity index (χ0) is 62.5. The summed E-state index contributed by atoms with van der Waals surface area (Å²) in [6.45, 7) is 17.7. The van der Waals surface area contributed by atoms with E-state index in [2.05, 4.69) is 292 Å². The second kappa shape index (κ2) is 23.5.